The summed E-state index contributed by atoms with van der Waals surface area (Å²) in [7, 11) is 0. The molecule has 4 rings (SSSR count). The number of nitrogens with zero attached hydrogens (tertiary/aromatic N) is 2. The summed E-state index contributed by atoms with van der Waals surface area (Å²) >= 11 is 0. The predicted molar refractivity (Wildman–Crippen MR) is 127 cm³/mol. The van der Waals surface area contributed by atoms with E-state index in [2.05, 4.69) is 10.2 Å². The average Bonchev–Trinajstić information content (AvgIpc) is 2.78. The molecule has 1 aromatic carbocycles. The molecule has 0 bridgehead atoms. The first-order chi connectivity index (χ1) is 15.8. The van der Waals surface area contributed by atoms with E-state index in [-0.39, 0.29) is 28.4 Å². The highest BCUT2D eigenvalue weighted by Gasteiger charge is 2.36. The summed E-state index contributed by atoms with van der Waals surface area (Å²) in [5.74, 6) is -0.424. The molecule has 1 atom stereocenters. The van der Waals surface area contributed by atoms with Gasteiger partial charge in [-0.3, -0.25) is 23.9 Å². The van der Waals surface area contributed by atoms with Crippen molar-refractivity contribution in [1.82, 2.24) is 14.8 Å². The van der Waals surface area contributed by atoms with E-state index >= 15 is 0 Å². The number of hydrogen-bond donors (Lipinski definition) is 1. The lowest BCUT2D eigenvalue weighted by Gasteiger charge is -2.32. The Kier molecular flexibility index (Phi) is 6.81. The van der Waals surface area contributed by atoms with Crippen molar-refractivity contribution in [2.24, 2.45) is 5.41 Å². The Bertz CT molecular complexity index is 1080. The number of ether oxygens (including phenoxy) is 1. The second-order valence-electron chi connectivity index (χ2n) is 9.84. The number of fused-ring (bicyclic) bond motifs is 1. The van der Waals surface area contributed by atoms with Gasteiger partial charge in [-0.25, -0.2) is 0 Å². The number of amides is 1. The van der Waals surface area contributed by atoms with Gasteiger partial charge in [-0.05, 0) is 36.0 Å². The van der Waals surface area contributed by atoms with Crippen LogP contribution >= 0.6 is 0 Å². The van der Waals surface area contributed by atoms with E-state index in [9.17, 15) is 14.4 Å². The molecule has 1 amide bonds. The summed E-state index contributed by atoms with van der Waals surface area (Å²) < 4.78 is 6.86. The number of rotatable bonds is 6. The molecule has 33 heavy (non-hydrogen) atoms. The Hall–Kier alpha value is -2.77. The van der Waals surface area contributed by atoms with Crippen LogP contribution in [-0.4, -0.2) is 60.0 Å². The summed E-state index contributed by atoms with van der Waals surface area (Å²) in [6.07, 6.45) is 3.27. The minimum Gasteiger partial charge on any atom is -0.379 e. The lowest BCUT2D eigenvalue weighted by molar-refractivity contribution is 0.0331. The normalized spacial score (nSPS) is 19.1. The highest BCUT2D eigenvalue weighted by atomic mass is 16.5. The molecule has 1 aromatic heterocycles. The summed E-state index contributed by atoms with van der Waals surface area (Å²) in [5, 5.41) is 3.10. The summed E-state index contributed by atoms with van der Waals surface area (Å²) in [5.41, 5.74) is 1.10. The van der Waals surface area contributed by atoms with Gasteiger partial charge >= 0.3 is 0 Å². The smallest absolute Gasteiger partial charge is 0.268 e. The monoisotopic (exact) mass is 451 g/mol. The summed E-state index contributed by atoms with van der Waals surface area (Å²) in [6, 6.07) is 9.05. The van der Waals surface area contributed by atoms with Crippen molar-refractivity contribution in [1.29, 1.82) is 0 Å². The van der Waals surface area contributed by atoms with Crippen molar-refractivity contribution in [3.8, 4) is 5.69 Å². The third-order valence-electron chi connectivity index (χ3n) is 6.58. The fourth-order valence-corrected chi connectivity index (χ4v) is 4.79. The first-order valence-corrected chi connectivity index (χ1v) is 11.8. The number of para-hydroxylation sites is 1. The van der Waals surface area contributed by atoms with Gasteiger partial charge < -0.3 is 10.1 Å². The molecule has 7 nitrogen and oxygen atoms in total. The quantitative estimate of drug-likeness (QED) is 0.731. The Morgan fingerprint density at radius 1 is 1.12 bits per heavy atom. The molecule has 1 N–H and O–H groups in total. The molecule has 0 radical (unpaired) electrons. The van der Waals surface area contributed by atoms with Crippen LogP contribution in [0.4, 0.5) is 0 Å². The van der Waals surface area contributed by atoms with Crippen LogP contribution in [0.1, 0.15) is 59.9 Å². The minimum atomic E-state index is -0.396. The zero-order valence-corrected chi connectivity index (χ0v) is 19.7. The minimum absolute atomic E-state index is 0.0275. The molecule has 0 spiro atoms. The van der Waals surface area contributed by atoms with Crippen molar-refractivity contribution < 1.29 is 14.3 Å². The van der Waals surface area contributed by atoms with Crippen LogP contribution in [0.2, 0.25) is 0 Å². The molecule has 1 aliphatic carbocycles. The number of hydrogen-bond acceptors (Lipinski definition) is 5. The van der Waals surface area contributed by atoms with E-state index in [0.717, 1.165) is 19.5 Å². The van der Waals surface area contributed by atoms with Gasteiger partial charge in [0.05, 0.1) is 13.2 Å². The fourth-order valence-electron chi connectivity index (χ4n) is 4.79. The van der Waals surface area contributed by atoms with Crippen molar-refractivity contribution in [3.63, 3.8) is 0 Å². The van der Waals surface area contributed by atoms with E-state index in [0.29, 0.717) is 49.4 Å². The van der Waals surface area contributed by atoms with Gasteiger partial charge in [0.2, 0.25) is 0 Å². The zero-order chi connectivity index (χ0) is 23.6. The molecule has 2 aromatic rings. The third kappa shape index (κ3) is 5.09. The Balaban J connectivity index is 1.74. The molecule has 7 heteroatoms. The number of nitrogens with one attached hydrogen (secondary N) is 1. The molecule has 2 aliphatic rings. The van der Waals surface area contributed by atoms with Crippen LogP contribution in [-0.2, 0) is 11.2 Å². The number of Topliss-reactive ketones (excluding diaryl/α,β-unsaturated/α-hetero) is 1. The largest absolute Gasteiger partial charge is 0.379 e. The number of pyridine rings is 1. The van der Waals surface area contributed by atoms with Crippen LogP contribution in [0, 0.1) is 5.41 Å². The molecule has 1 fully saturated rings. The molecular formula is C26H33N3O4. The van der Waals surface area contributed by atoms with Gasteiger partial charge in [0.15, 0.2) is 5.78 Å². The molecule has 1 saturated heterocycles. The fraction of sp³-hybridized carbons (Fsp3) is 0.500. The van der Waals surface area contributed by atoms with Gasteiger partial charge in [0, 0.05) is 49.5 Å². The first kappa shape index (κ1) is 23.4. The summed E-state index contributed by atoms with van der Waals surface area (Å²) in [6.45, 7) is 9.79. The standard InChI is InChI=1S/C26H33N3O4/c1-4-18(16-28-10-12-33-13-11-28)27-24(31)23-20-14-26(2,3)15-22(30)21(20)17-29(25(23)32)19-8-6-5-7-9-19/h5-9,17-18H,4,10-16H2,1-3H3,(H,27,31). The Labute approximate surface area is 194 Å². The Morgan fingerprint density at radius 3 is 2.48 bits per heavy atom. The van der Waals surface area contributed by atoms with Gasteiger partial charge in [0.25, 0.3) is 11.5 Å². The zero-order valence-electron chi connectivity index (χ0n) is 19.7. The lowest BCUT2D eigenvalue weighted by atomic mass is 9.73. The van der Waals surface area contributed by atoms with E-state index < -0.39 is 5.91 Å². The third-order valence-corrected chi connectivity index (χ3v) is 6.58. The van der Waals surface area contributed by atoms with Crippen LogP contribution < -0.4 is 10.9 Å². The second kappa shape index (κ2) is 9.61. The summed E-state index contributed by atoms with van der Waals surface area (Å²) in [4.78, 5) is 42.5. The maximum absolute atomic E-state index is 13.6. The maximum Gasteiger partial charge on any atom is 0.268 e. The van der Waals surface area contributed by atoms with Crippen molar-refractivity contribution in [2.45, 2.75) is 46.1 Å². The SMILES string of the molecule is CCC(CN1CCOCC1)NC(=O)c1c2c(cn(-c3ccccc3)c1=O)C(=O)CC(C)(C)C2. The molecular weight excluding hydrogens is 418 g/mol. The number of morpholine rings is 1. The average molecular weight is 452 g/mol. The van der Waals surface area contributed by atoms with Gasteiger partial charge in [-0.2, -0.15) is 0 Å². The number of benzene rings is 1. The van der Waals surface area contributed by atoms with Crippen molar-refractivity contribution in [3.05, 3.63) is 63.6 Å². The number of carbonyl (C=O) groups is 2. The van der Waals surface area contributed by atoms with Gasteiger partial charge in [0.1, 0.15) is 5.56 Å². The van der Waals surface area contributed by atoms with Gasteiger partial charge in [-0.1, -0.05) is 39.0 Å². The predicted octanol–water partition coefficient (Wildman–Crippen LogP) is 2.83. The number of ketones is 1. The first-order valence-electron chi connectivity index (χ1n) is 11.8. The molecule has 2 heterocycles. The van der Waals surface area contributed by atoms with E-state index in [1.807, 2.05) is 39.0 Å². The highest BCUT2D eigenvalue weighted by Crippen LogP contribution is 2.35. The van der Waals surface area contributed by atoms with Crippen LogP contribution in [0.3, 0.4) is 0 Å². The second-order valence-corrected chi connectivity index (χ2v) is 9.84. The number of aromatic nitrogens is 1. The lowest BCUT2D eigenvalue weighted by Crippen LogP contribution is -2.48. The Morgan fingerprint density at radius 2 is 1.82 bits per heavy atom. The van der Waals surface area contributed by atoms with Crippen molar-refractivity contribution >= 4 is 11.7 Å². The topological polar surface area (TPSA) is 80.6 Å². The molecule has 1 aliphatic heterocycles. The van der Waals surface area contributed by atoms with E-state index in [1.54, 1.807) is 18.3 Å². The molecule has 0 saturated carbocycles. The highest BCUT2D eigenvalue weighted by molar-refractivity contribution is 6.04. The van der Waals surface area contributed by atoms with Crippen LogP contribution in [0.15, 0.2) is 41.3 Å². The van der Waals surface area contributed by atoms with Crippen LogP contribution in [0.5, 0.6) is 0 Å². The van der Waals surface area contributed by atoms with Crippen LogP contribution in [0.25, 0.3) is 5.69 Å². The van der Waals surface area contributed by atoms with Crippen molar-refractivity contribution in [2.75, 3.05) is 32.8 Å². The molecule has 176 valence electrons. The maximum atomic E-state index is 13.6. The van der Waals surface area contributed by atoms with E-state index in [4.69, 9.17) is 4.74 Å². The van der Waals surface area contributed by atoms with E-state index in [1.165, 1.54) is 4.57 Å². The molecule has 1 unspecified atom stereocenters. The number of carbonyl (C=O) groups excluding carboxylic acids is 2. The van der Waals surface area contributed by atoms with Gasteiger partial charge in [-0.15, -0.1) is 0 Å².